The minimum atomic E-state index is -0.831. The molecule has 1 aliphatic heterocycles. The number of rotatable bonds is 7. The second-order valence-electron chi connectivity index (χ2n) is 7.19. The van der Waals surface area contributed by atoms with Crippen LogP contribution in [0.25, 0.3) is 10.8 Å². The average Bonchev–Trinajstić information content (AvgIpc) is 2.81. The number of nitrogens with zero attached hydrogens (tertiary/aromatic N) is 1. The minimum absolute atomic E-state index is 0.0224. The molecule has 6 nitrogen and oxygen atoms in total. The third kappa shape index (κ3) is 4.90. The minimum Gasteiger partial charge on any atom is -0.491 e. The summed E-state index contributed by atoms with van der Waals surface area (Å²) in [7, 11) is 0. The zero-order valence-corrected chi connectivity index (χ0v) is 16.7. The van der Waals surface area contributed by atoms with Crippen molar-refractivity contribution in [2.75, 3.05) is 39.5 Å². The molecule has 0 spiro atoms. The van der Waals surface area contributed by atoms with Gasteiger partial charge in [0, 0.05) is 13.1 Å². The number of amides is 1. The number of benzene rings is 3. The van der Waals surface area contributed by atoms with Gasteiger partial charge in [-0.15, -0.1) is 0 Å². The molecule has 0 aliphatic carbocycles. The number of carbonyl (C=O) groups is 1. The van der Waals surface area contributed by atoms with E-state index < -0.39 is 6.10 Å². The van der Waals surface area contributed by atoms with Crippen molar-refractivity contribution in [3.05, 3.63) is 72.3 Å². The number of morpholine rings is 1. The molecule has 156 valence electrons. The summed E-state index contributed by atoms with van der Waals surface area (Å²) >= 11 is 0. The van der Waals surface area contributed by atoms with Crippen LogP contribution in [0.4, 0.5) is 0 Å². The molecular weight excluding hydrogens is 382 g/mol. The fourth-order valence-electron chi connectivity index (χ4n) is 3.39. The van der Waals surface area contributed by atoms with Crippen LogP contribution in [-0.2, 0) is 4.74 Å². The molecule has 30 heavy (non-hydrogen) atoms. The number of fused-ring (bicyclic) bond motifs is 1. The van der Waals surface area contributed by atoms with Gasteiger partial charge in [-0.25, -0.2) is 0 Å². The van der Waals surface area contributed by atoms with Crippen LogP contribution in [0.1, 0.15) is 10.4 Å². The van der Waals surface area contributed by atoms with E-state index in [1.165, 1.54) is 0 Å². The van der Waals surface area contributed by atoms with Crippen molar-refractivity contribution in [3.63, 3.8) is 0 Å². The molecule has 0 saturated carbocycles. The van der Waals surface area contributed by atoms with E-state index in [4.69, 9.17) is 14.2 Å². The topological polar surface area (TPSA) is 68.2 Å². The van der Waals surface area contributed by atoms with E-state index in [1.54, 1.807) is 4.90 Å². The molecule has 0 radical (unpaired) electrons. The molecule has 1 aliphatic rings. The molecular formula is C24H25NO5. The van der Waals surface area contributed by atoms with Crippen molar-refractivity contribution < 1.29 is 24.1 Å². The van der Waals surface area contributed by atoms with Crippen molar-refractivity contribution >= 4 is 16.7 Å². The zero-order chi connectivity index (χ0) is 20.8. The van der Waals surface area contributed by atoms with Gasteiger partial charge in [0.05, 0.1) is 18.8 Å². The van der Waals surface area contributed by atoms with Crippen molar-refractivity contribution in [2.45, 2.75) is 6.10 Å². The predicted octanol–water partition coefficient (Wildman–Crippen LogP) is 3.13. The Balaban J connectivity index is 1.49. The second-order valence-corrected chi connectivity index (χ2v) is 7.19. The van der Waals surface area contributed by atoms with Crippen LogP contribution in [0.15, 0.2) is 66.7 Å². The van der Waals surface area contributed by atoms with Crippen molar-refractivity contribution in [2.24, 2.45) is 0 Å². The second kappa shape index (κ2) is 9.61. The van der Waals surface area contributed by atoms with Crippen LogP contribution in [-0.4, -0.2) is 61.5 Å². The van der Waals surface area contributed by atoms with Gasteiger partial charge in [0.25, 0.3) is 5.91 Å². The van der Waals surface area contributed by atoms with E-state index in [0.29, 0.717) is 43.4 Å². The van der Waals surface area contributed by atoms with Gasteiger partial charge in [-0.1, -0.05) is 42.5 Å². The summed E-state index contributed by atoms with van der Waals surface area (Å²) < 4.78 is 16.8. The van der Waals surface area contributed by atoms with Gasteiger partial charge in [-0.05, 0) is 35.0 Å². The number of carbonyl (C=O) groups excluding carboxylic acids is 1. The van der Waals surface area contributed by atoms with Gasteiger partial charge in [-0.3, -0.25) is 4.79 Å². The molecule has 0 unspecified atom stereocenters. The van der Waals surface area contributed by atoms with E-state index in [-0.39, 0.29) is 19.1 Å². The highest BCUT2D eigenvalue weighted by Gasteiger charge is 2.23. The predicted molar refractivity (Wildman–Crippen MR) is 114 cm³/mol. The maximum absolute atomic E-state index is 13.1. The maximum Gasteiger partial charge on any atom is 0.257 e. The molecule has 0 bridgehead atoms. The van der Waals surface area contributed by atoms with Crippen molar-refractivity contribution in [1.29, 1.82) is 0 Å². The third-order valence-corrected chi connectivity index (χ3v) is 4.99. The van der Waals surface area contributed by atoms with Crippen LogP contribution < -0.4 is 9.47 Å². The Morgan fingerprint density at radius 1 is 0.933 bits per heavy atom. The lowest BCUT2D eigenvalue weighted by atomic mass is 10.0. The standard InChI is InChI=1S/C24H25NO5/c26-20(16-29-21-8-2-1-3-9-21)17-30-23-15-19-7-5-4-6-18(19)14-22(23)24(27)25-10-12-28-13-11-25/h1-9,14-15,20,26H,10-13,16-17H2/t20-/m0/s1. The van der Waals surface area contributed by atoms with Crippen molar-refractivity contribution in [1.82, 2.24) is 4.90 Å². The Kier molecular flexibility index (Phi) is 6.47. The smallest absolute Gasteiger partial charge is 0.257 e. The highest BCUT2D eigenvalue weighted by atomic mass is 16.5. The van der Waals surface area contributed by atoms with Gasteiger partial charge in [0.15, 0.2) is 0 Å². The van der Waals surface area contributed by atoms with E-state index >= 15 is 0 Å². The first-order valence-corrected chi connectivity index (χ1v) is 10.1. The summed E-state index contributed by atoms with van der Waals surface area (Å²) in [5.41, 5.74) is 0.492. The zero-order valence-electron chi connectivity index (χ0n) is 16.7. The van der Waals surface area contributed by atoms with Crippen molar-refractivity contribution in [3.8, 4) is 11.5 Å². The van der Waals surface area contributed by atoms with Crippen LogP contribution in [0, 0.1) is 0 Å². The molecule has 4 rings (SSSR count). The fourth-order valence-corrected chi connectivity index (χ4v) is 3.39. The highest BCUT2D eigenvalue weighted by Crippen LogP contribution is 2.28. The van der Waals surface area contributed by atoms with E-state index in [2.05, 4.69) is 0 Å². The van der Waals surface area contributed by atoms with Crippen LogP contribution >= 0.6 is 0 Å². The molecule has 1 saturated heterocycles. The molecule has 3 aromatic carbocycles. The summed E-state index contributed by atoms with van der Waals surface area (Å²) in [6.45, 7) is 2.30. The normalized spacial score (nSPS) is 15.0. The molecule has 1 N–H and O–H groups in total. The fraction of sp³-hybridized carbons (Fsp3) is 0.292. The number of ether oxygens (including phenoxy) is 3. The Bertz CT molecular complexity index is 985. The van der Waals surface area contributed by atoms with Gasteiger partial charge in [0.1, 0.15) is 30.8 Å². The molecule has 6 heteroatoms. The number of hydrogen-bond donors (Lipinski definition) is 1. The Labute approximate surface area is 175 Å². The average molecular weight is 407 g/mol. The number of para-hydroxylation sites is 1. The summed E-state index contributed by atoms with van der Waals surface area (Å²) in [5, 5.41) is 12.2. The highest BCUT2D eigenvalue weighted by molar-refractivity contribution is 6.01. The first kappa shape index (κ1) is 20.2. The maximum atomic E-state index is 13.1. The summed E-state index contributed by atoms with van der Waals surface area (Å²) in [6.07, 6.45) is -0.831. The SMILES string of the molecule is O=C(c1cc2ccccc2cc1OC[C@@H](O)COc1ccccc1)N1CCOCC1. The Hall–Kier alpha value is -3.09. The van der Waals surface area contributed by atoms with Gasteiger partial charge < -0.3 is 24.2 Å². The first-order chi connectivity index (χ1) is 14.7. The molecule has 3 aromatic rings. The molecule has 1 fully saturated rings. The first-order valence-electron chi connectivity index (χ1n) is 10.1. The monoisotopic (exact) mass is 407 g/mol. The molecule has 1 atom stereocenters. The van der Waals surface area contributed by atoms with E-state index in [0.717, 1.165) is 10.8 Å². The van der Waals surface area contributed by atoms with Gasteiger partial charge >= 0.3 is 0 Å². The quantitative estimate of drug-likeness (QED) is 0.652. The van der Waals surface area contributed by atoms with Gasteiger partial charge in [-0.2, -0.15) is 0 Å². The molecule has 0 aromatic heterocycles. The Morgan fingerprint density at radius 3 is 2.30 bits per heavy atom. The van der Waals surface area contributed by atoms with Crippen LogP contribution in [0.2, 0.25) is 0 Å². The summed E-state index contributed by atoms with van der Waals surface area (Å²) in [6, 6.07) is 20.8. The molecule has 1 heterocycles. The van der Waals surface area contributed by atoms with E-state index in [1.807, 2.05) is 66.7 Å². The summed E-state index contributed by atoms with van der Waals surface area (Å²) in [4.78, 5) is 14.9. The summed E-state index contributed by atoms with van der Waals surface area (Å²) in [5.74, 6) is 1.06. The lowest BCUT2D eigenvalue weighted by Crippen LogP contribution is -2.40. The molecule has 1 amide bonds. The van der Waals surface area contributed by atoms with Crippen LogP contribution in [0.3, 0.4) is 0 Å². The van der Waals surface area contributed by atoms with Crippen LogP contribution in [0.5, 0.6) is 11.5 Å². The largest absolute Gasteiger partial charge is 0.491 e. The number of hydrogen-bond acceptors (Lipinski definition) is 5. The lowest BCUT2D eigenvalue weighted by Gasteiger charge is -2.27. The van der Waals surface area contributed by atoms with Gasteiger partial charge in [0.2, 0.25) is 0 Å². The van der Waals surface area contributed by atoms with E-state index in [9.17, 15) is 9.90 Å². The number of aliphatic hydroxyl groups excluding tert-OH is 1. The lowest BCUT2D eigenvalue weighted by molar-refractivity contribution is 0.0296. The Morgan fingerprint density at radius 2 is 1.57 bits per heavy atom. The number of aliphatic hydroxyl groups is 1. The third-order valence-electron chi connectivity index (χ3n) is 4.99.